The topological polar surface area (TPSA) is 71.4 Å². The van der Waals surface area contributed by atoms with Gasteiger partial charge in [0.1, 0.15) is 23.0 Å². The number of carbonyl (C=O) groups is 1. The van der Waals surface area contributed by atoms with Crippen molar-refractivity contribution in [2.45, 2.75) is 32.1 Å². The van der Waals surface area contributed by atoms with E-state index in [1.807, 2.05) is 36.1 Å². The lowest BCUT2D eigenvalue weighted by Gasteiger charge is -2.31. The number of methoxy groups -OCH3 is 1. The molecule has 0 radical (unpaired) electrons. The molecule has 7 heteroatoms. The second-order valence-corrected chi connectivity index (χ2v) is 8.60. The van der Waals surface area contributed by atoms with Gasteiger partial charge in [-0.05, 0) is 61.2 Å². The number of halogens is 1. The van der Waals surface area contributed by atoms with Gasteiger partial charge in [-0.2, -0.15) is 0 Å². The molecule has 0 bridgehead atoms. The van der Waals surface area contributed by atoms with E-state index in [1.165, 1.54) is 12.1 Å². The number of hydrogen-bond donors (Lipinski definition) is 1. The second-order valence-electron chi connectivity index (χ2n) is 8.60. The van der Waals surface area contributed by atoms with Crippen LogP contribution in [-0.4, -0.2) is 41.0 Å². The molecule has 1 atom stereocenters. The molecule has 2 aromatic carbocycles. The highest BCUT2D eigenvalue weighted by Crippen LogP contribution is 2.30. The number of nitrogens with one attached hydrogen (secondary N) is 1. The molecule has 4 aromatic rings. The number of aromatic amines is 1. The molecule has 1 saturated heterocycles. The van der Waals surface area contributed by atoms with Crippen LogP contribution < -0.4 is 4.74 Å². The Morgan fingerprint density at radius 1 is 1.30 bits per heavy atom. The monoisotopic (exact) mass is 447 g/mol. The van der Waals surface area contributed by atoms with Gasteiger partial charge in [-0.3, -0.25) is 4.79 Å². The summed E-state index contributed by atoms with van der Waals surface area (Å²) in [6.07, 6.45) is 4.19. The van der Waals surface area contributed by atoms with Gasteiger partial charge in [0.2, 0.25) is 0 Å². The molecule has 33 heavy (non-hydrogen) atoms. The molecule has 1 aliphatic rings. The Morgan fingerprint density at radius 3 is 3.03 bits per heavy atom. The van der Waals surface area contributed by atoms with Crippen LogP contribution in [0.5, 0.6) is 5.75 Å². The zero-order valence-electron chi connectivity index (χ0n) is 18.7. The average Bonchev–Trinajstić information content (AvgIpc) is 3.43. The summed E-state index contributed by atoms with van der Waals surface area (Å²) < 4.78 is 25.0. The van der Waals surface area contributed by atoms with Gasteiger partial charge >= 0.3 is 0 Å². The lowest BCUT2D eigenvalue weighted by Crippen LogP contribution is -2.39. The number of amides is 1. The van der Waals surface area contributed by atoms with E-state index in [-0.39, 0.29) is 17.6 Å². The fourth-order valence-electron chi connectivity index (χ4n) is 4.61. The van der Waals surface area contributed by atoms with Gasteiger partial charge in [0, 0.05) is 30.4 Å². The Bertz CT molecular complexity index is 1310. The molecule has 0 unspecified atom stereocenters. The molecule has 6 nitrogen and oxygen atoms in total. The van der Waals surface area contributed by atoms with Crippen molar-refractivity contribution < 1.29 is 18.3 Å². The highest BCUT2D eigenvalue weighted by Gasteiger charge is 2.30. The maximum atomic E-state index is 13.7. The molecule has 1 amide bonds. The minimum Gasteiger partial charge on any atom is -0.497 e. The summed E-state index contributed by atoms with van der Waals surface area (Å²) in [4.78, 5) is 22.8. The first kappa shape index (κ1) is 21.2. The maximum absolute atomic E-state index is 13.7. The molecule has 3 heterocycles. The summed E-state index contributed by atoms with van der Waals surface area (Å²) in [5.74, 6) is 1.93. The van der Waals surface area contributed by atoms with Crippen LogP contribution in [0.25, 0.3) is 10.9 Å². The zero-order chi connectivity index (χ0) is 22.9. The predicted molar refractivity (Wildman–Crippen MR) is 123 cm³/mol. The van der Waals surface area contributed by atoms with Crippen molar-refractivity contribution in [3.63, 3.8) is 0 Å². The first-order chi connectivity index (χ1) is 16.0. The van der Waals surface area contributed by atoms with Crippen molar-refractivity contribution >= 4 is 16.8 Å². The molecular formula is C26H26FN3O3. The second kappa shape index (κ2) is 8.73. The number of likely N-dealkylation sites (tertiary alicyclic amines) is 1. The Kier molecular flexibility index (Phi) is 5.62. The zero-order valence-corrected chi connectivity index (χ0v) is 18.7. The number of fused-ring (bicyclic) bond motifs is 1. The number of oxazole rings is 1. The van der Waals surface area contributed by atoms with Crippen molar-refractivity contribution in [2.24, 2.45) is 0 Å². The average molecular weight is 448 g/mol. The van der Waals surface area contributed by atoms with Crippen LogP contribution in [0.3, 0.4) is 0 Å². The van der Waals surface area contributed by atoms with Crippen molar-refractivity contribution in [2.75, 3.05) is 20.2 Å². The number of H-pyrrole nitrogens is 1. The van der Waals surface area contributed by atoms with E-state index in [1.54, 1.807) is 19.4 Å². The molecule has 5 rings (SSSR count). The molecule has 1 aliphatic heterocycles. The van der Waals surface area contributed by atoms with Crippen molar-refractivity contribution in [3.8, 4) is 5.75 Å². The van der Waals surface area contributed by atoms with E-state index in [2.05, 4.69) is 9.97 Å². The smallest absolute Gasteiger partial charge is 0.270 e. The number of hydrogen-bond acceptors (Lipinski definition) is 4. The summed E-state index contributed by atoms with van der Waals surface area (Å²) in [5.41, 5.74) is 3.14. The van der Waals surface area contributed by atoms with Crippen molar-refractivity contribution in [3.05, 3.63) is 83.0 Å². The Balaban J connectivity index is 1.31. The third-order valence-corrected chi connectivity index (χ3v) is 6.38. The molecule has 0 aliphatic carbocycles. The number of piperidine rings is 1. The molecule has 0 spiro atoms. The molecule has 1 N–H and O–H groups in total. The van der Waals surface area contributed by atoms with Crippen LogP contribution in [0, 0.1) is 12.7 Å². The van der Waals surface area contributed by atoms with Crippen LogP contribution >= 0.6 is 0 Å². The minimum atomic E-state index is -0.310. The first-order valence-corrected chi connectivity index (χ1v) is 11.2. The van der Waals surface area contributed by atoms with Crippen LogP contribution in [0.2, 0.25) is 0 Å². The summed E-state index contributed by atoms with van der Waals surface area (Å²) >= 11 is 0. The summed E-state index contributed by atoms with van der Waals surface area (Å²) in [6.45, 7) is 3.07. The lowest BCUT2D eigenvalue weighted by atomic mass is 9.97. The number of aryl methyl sites for hydroxylation is 1. The standard InChI is InChI=1S/C26H26FN3O3/c1-16-22-13-19(27)8-9-23(22)29-24(16)26(31)30-10-4-6-18(15-30)25-28-14-21(33-25)12-17-5-3-7-20(11-17)32-2/h3,5,7-9,11,13-14,18,29H,4,6,10,12,15H2,1-2H3/t18-/m1/s1. The van der Waals surface area contributed by atoms with Gasteiger partial charge < -0.3 is 19.0 Å². The van der Waals surface area contributed by atoms with Gasteiger partial charge in [0.15, 0.2) is 5.89 Å². The predicted octanol–water partition coefficient (Wildman–Crippen LogP) is 5.22. The van der Waals surface area contributed by atoms with Gasteiger partial charge in [0.05, 0.1) is 19.2 Å². The number of carbonyl (C=O) groups excluding carboxylic acids is 1. The largest absolute Gasteiger partial charge is 0.497 e. The van der Waals surface area contributed by atoms with Gasteiger partial charge in [-0.15, -0.1) is 0 Å². The van der Waals surface area contributed by atoms with Crippen molar-refractivity contribution in [1.29, 1.82) is 0 Å². The number of benzene rings is 2. The maximum Gasteiger partial charge on any atom is 0.270 e. The van der Waals surface area contributed by atoms with Crippen LogP contribution in [0.1, 0.15) is 52.0 Å². The van der Waals surface area contributed by atoms with Gasteiger partial charge in [-0.1, -0.05) is 12.1 Å². The first-order valence-electron chi connectivity index (χ1n) is 11.2. The van der Waals surface area contributed by atoms with E-state index in [0.29, 0.717) is 31.1 Å². The highest BCUT2D eigenvalue weighted by molar-refractivity contribution is 6.01. The fourth-order valence-corrected chi connectivity index (χ4v) is 4.61. The lowest BCUT2D eigenvalue weighted by molar-refractivity contribution is 0.0692. The van der Waals surface area contributed by atoms with E-state index in [4.69, 9.17) is 9.15 Å². The van der Waals surface area contributed by atoms with Crippen LogP contribution in [0.4, 0.5) is 4.39 Å². The highest BCUT2D eigenvalue weighted by atomic mass is 19.1. The molecule has 2 aromatic heterocycles. The fraction of sp³-hybridized carbons (Fsp3) is 0.308. The molecule has 170 valence electrons. The summed E-state index contributed by atoms with van der Waals surface area (Å²) in [6, 6.07) is 12.4. The Labute approximate surface area is 191 Å². The quantitative estimate of drug-likeness (QED) is 0.455. The normalized spacial score (nSPS) is 16.3. The van der Waals surface area contributed by atoms with Crippen molar-refractivity contribution in [1.82, 2.24) is 14.9 Å². The summed E-state index contributed by atoms with van der Waals surface area (Å²) in [5, 5.41) is 0.738. The van der Waals surface area contributed by atoms with E-state index >= 15 is 0 Å². The molecule has 1 fully saturated rings. The minimum absolute atomic E-state index is 0.0453. The molecule has 0 saturated carbocycles. The van der Waals surface area contributed by atoms with E-state index < -0.39 is 0 Å². The number of rotatable bonds is 5. The van der Waals surface area contributed by atoms with Crippen LogP contribution in [0.15, 0.2) is 53.1 Å². The van der Waals surface area contributed by atoms with Crippen LogP contribution in [-0.2, 0) is 6.42 Å². The number of ether oxygens (including phenoxy) is 1. The third-order valence-electron chi connectivity index (χ3n) is 6.38. The van der Waals surface area contributed by atoms with E-state index in [0.717, 1.165) is 46.4 Å². The number of nitrogens with zero attached hydrogens (tertiary/aromatic N) is 2. The SMILES string of the molecule is COc1cccc(Cc2cnc([C@@H]3CCCN(C(=O)c4[nH]c5ccc(F)cc5c4C)C3)o2)c1. The Morgan fingerprint density at radius 2 is 2.18 bits per heavy atom. The van der Waals surface area contributed by atoms with Gasteiger partial charge in [-0.25, -0.2) is 9.37 Å². The molecular weight excluding hydrogens is 421 g/mol. The van der Waals surface area contributed by atoms with Gasteiger partial charge in [0.25, 0.3) is 5.91 Å². The third kappa shape index (κ3) is 4.23. The summed E-state index contributed by atoms with van der Waals surface area (Å²) in [7, 11) is 1.65. The number of aromatic nitrogens is 2. The van der Waals surface area contributed by atoms with E-state index in [9.17, 15) is 9.18 Å². The Hall–Kier alpha value is -3.61.